The highest BCUT2D eigenvalue weighted by molar-refractivity contribution is 5.94. The van der Waals surface area contributed by atoms with Gasteiger partial charge in [0.15, 0.2) is 0 Å². The molecule has 0 bridgehead atoms. The molecule has 1 unspecified atom stereocenters. The molecule has 4 heteroatoms. The first kappa shape index (κ1) is 11.9. The number of aromatic nitrogens is 1. The highest BCUT2D eigenvalue weighted by Crippen LogP contribution is 2.18. The Morgan fingerprint density at radius 2 is 2.12 bits per heavy atom. The highest BCUT2D eigenvalue weighted by Gasteiger charge is 2.24. The van der Waals surface area contributed by atoms with E-state index in [1.165, 1.54) is 17.1 Å². The SMILES string of the molecule is CC1CCCCN1C(=O)c1ccc(=O)n(C)c1. The van der Waals surface area contributed by atoms with E-state index in [4.69, 9.17) is 0 Å². The number of pyridine rings is 1. The van der Waals surface area contributed by atoms with Crippen molar-refractivity contribution in [2.45, 2.75) is 32.2 Å². The average molecular weight is 234 g/mol. The van der Waals surface area contributed by atoms with E-state index in [1.807, 2.05) is 4.90 Å². The van der Waals surface area contributed by atoms with Crippen molar-refractivity contribution in [3.05, 3.63) is 34.2 Å². The quantitative estimate of drug-likeness (QED) is 0.737. The third-order valence-electron chi connectivity index (χ3n) is 3.40. The van der Waals surface area contributed by atoms with Crippen LogP contribution in [-0.4, -0.2) is 28.0 Å². The molecule has 17 heavy (non-hydrogen) atoms. The normalized spacial score (nSPS) is 20.4. The van der Waals surface area contributed by atoms with Gasteiger partial charge in [0.2, 0.25) is 5.56 Å². The molecule has 0 spiro atoms. The third-order valence-corrected chi connectivity index (χ3v) is 3.40. The van der Waals surface area contributed by atoms with Crippen molar-refractivity contribution < 1.29 is 4.79 Å². The van der Waals surface area contributed by atoms with Crippen LogP contribution in [0, 0.1) is 0 Å². The lowest BCUT2D eigenvalue weighted by molar-refractivity contribution is 0.0634. The van der Waals surface area contributed by atoms with Crippen LogP contribution < -0.4 is 5.56 Å². The fourth-order valence-electron chi connectivity index (χ4n) is 2.29. The molecule has 1 aliphatic heterocycles. The molecular weight excluding hydrogens is 216 g/mol. The maximum absolute atomic E-state index is 12.3. The molecule has 1 amide bonds. The first-order chi connectivity index (χ1) is 8.09. The Morgan fingerprint density at radius 1 is 1.35 bits per heavy atom. The van der Waals surface area contributed by atoms with Crippen molar-refractivity contribution >= 4 is 5.91 Å². The average Bonchev–Trinajstić information content (AvgIpc) is 2.32. The van der Waals surface area contributed by atoms with Gasteiger partial charge in [0.05, 0.1) is 5.56 Å². The Balaban J connectivity index is 2.23. The zero-order valence-electron chi connectivity index (χ0n) is 10.3. The van der Waals surface area contributed by atoms with Crippen molar-refractivity contribution in [2.75, 3.05) is 6.54 Å². The highest BCUT2D eigenvalue weighted by atomic mass is 16.2. The van der Waals surface area contributed by atoms with Gasteiger partial charge >= 0.3 is 0 Å². The Kier molecular flexibility index (Phi) is 3.31. The van der Waals surface area contributed by atoms with E-state index < -0.39 is 0 Å². The third kappa shape index (κ3) is 2.40. The summed E-state index contributed by atoms with van der Waals surface area (Å²) in [5.41, 5.74) is 0.508. The minimum atomic E-state index is -0.0896. The van der Waals surface area contributed by atoms with E-state index in [1.54, 1.807) is 19.3 Å². The minimum Gasteiger partial charge on any atom is -0.336 e. The van der Waals surface area contributed by atoms with Crippen LogP contribution in [0.5, 0.6) is 0 Å². The van der Waals surface area contributed by atoms with Crippen LogP contribution in [0.4, 0.5) is 0 Å². The molecule has 0 aromatic carbocycles. The van der Waals surface area contributed by atoms with E-state index in [2.05, 4.69) is 6.92 Å². The van der Waals surface area contributed by atoms with Crippen molar-refractivity contribution in [1.82, 2.24) is 9.47 Å². The van der Waals surface area contributed by atoms with Gasteiger partial charge in [0.1, 0.15) is 0 Å². The van der Waals surface area contributed by atoms with Gasteiger partial charge in [-0.2, -0.15) is 0 Å². The Hall–Kier alpha value is -1.58. The molecule has 1 aromatic rings. The Morgan fingerprint density at radius 3 is 2.76 bits per heavy atom. The van der Waals surface area contributed by atoms with Gasteiger partial charge in [-0.15, -0.1) is 0 Å². The molecule has 1 saturated heterocycles. The zero-order valence-corrected chi connectivity index (χ0v) is 10.3. The monoisotopic (exact) mass is 234 g/mol. The van der Waals surface area contributed by atoms with Crippen LogP contribution in [0.2, 0.25) is 0 Å². The number of rotatable bonds is 1. The van der Waals surface area contributed by atoms with E-state index in [9.17, 15) is 9.59 Å². The summed E-state index contributed by atoms with van der Waals surface area (Å²) in [7, 11) is 1.67. The van der Waals surface area contributed by atoms with E-state index >= 15 is 0 Å². The second kappa shape index (κ2) is 4.73. The van der Waals surface area contributed by atoms with E-state index in [-0.39, 0.29) is 11.5 Å². The van der Waals surface area contributed by atoms with Crippen LogP contribution in [0.25, 0.3) is 0 Å². The Labute approximate surface area is 101 Å². The molecule has 2 rings (SSSR count). The molecular formula is C13H18N2O2. The second-order valence-corrected chi connectivity index (χ2v) is 4.71. The fourth-order valence-corrected chi connectivity index (χ4v) is 2.29. The number of carbonyl (C=O) groups is 1. The topological polar surface area (TPSA) is 42.3 Å². The van der Waals surface area contributed by atoms with Gasteiger partial charge in [-0.25, -0.2) is 0 Å². The lowest BCUT2D eigenvalue weighted by atomic mass is 10.0. The predicted molar refractivity (Wildman–Crippen MR) is 66.0 cm³/mol. The first-order valence-corrected chi connectivity index (χ1v) is 6.07. The lowest BCUT2D eigenvalue weighted by Crippen LogP contribution is -2.42. The summed E-state index contributed by atoms with van der Waals surface area (Å²) in [5, 5.41) is 0. The minimum absolute atomic E-state index is 0.0350. The second-order valence-electron chi connectivity index (χ2n) is 4.71. The van der Waals surface area contributed by atoms with Gasteiger partial charge in [-0.05, 0) is 32.3 Å². The largest absolute Gasteiger partial charge is 0.336 e. The van der Waals surface area contributed by atoms with Crippen LogP contribution in [0.1, 0.15) is 36.5 Å². The molecule has 0 radical (unpaired) electrons. The maximum Gasteiger partial charge on any atom is 0.255 e. The molecule has 0 aliphatic carbocycles. The molecule has 2 heterocycles. The molecule has 4 nitrogen and oxygen atoms in total. The van der Waals surface area contributed by atoms with Gasteiger partial charge in [0, 0.05) is 31.9 Å². The van der Waals surface area contributed by atoms with E-state index in [0.717, 1.165) is 19.4 Å². The summed E-state index contributed by atoms with van der Waals surface area (Å²) in [5.74, 6) is 0.0350. The predicted octanol–water partition coefficient (Wildman–Crippen LogP) is 1.40. The first-order valence-electron chi connectivity index (χ1n) is 6.07. The summed E-state index contributed by atoms with van der Waals surface area (Å²) in [6.07, 6.45) is 4.95. The number of hydrogen-bond donors (Lipinski definition) is 0. The lowest BCUT2D eigenvalue weighted by Gasteiger charge is -2.33. The molecule has 1 aliphatic rings. The standard InChI is InChI=1S/C13H18N2O2/c1-10-5-3-4-8-15(10)13(17)11-6-7-12(16)14(2)9-11/h6-7,9-10H,3-5,8H2,1-2H3. The molecule has 1 atom stereocenters. The van der Waals surface area contributed by atoms with Crippen molar-refractivity contribution in [3.8, 4) is 0 Å². The summed E-state index contributed by atoms with van der Waals surface area (Å²) in [6.45, 7) is 2.90. The molecule has 92 valence electrons. The number of piperidine rings is 1. The summed E-state index contributed by atoms with van der Waals surface area (Å²) < 4.78 is 1.45. The summed E-state index contributed by atoms with van der Waals surface area (Å²) in [4.78, 5) is 25.5. The van der Waals surface area contributed by atoms with Crippen LogP contribution >= 0.6 is 0 Å². The molecule has 0 N–H and O–H groups in total. The van der Waals surface area contributed by atoms with Gasteiger partial charge in [-0.3, -0.25) is 9.59 Å². The fraction of sp³-hybridized carbons (Fsp3) is 0.538. The maximum atomic E-state index is 12.3. The van der Waals surface area contributed by atoms with Crippen LogP contribution in [0.3, 0.4) is 0 Å². The smallest absolute Gasteiger partial charge is 0.255 e. The van der Waals surface area contributed by atoms with Crippen molar-refractivity contribution in [1.29, 1.82) is 0 Å². The molecule has 1 fully saturated rings. The number of nitrogens with zero attached hydrogens (tertiary/aromatic N) is 2. The molecule has 0 saturated carbocycles. The Bertz CT molecular complexity index is 479. The van der Waals surface area contributed by atoms with Gasteiger partial charge < -0.3 is 9.47 Å². The number of hydrogen-bond acceptors (Lipinski definition) is 2. The number of likely N-dealkylation sites (tertiary alicyclic amines) is 1. The van der Waals surface area contributed by atoms with Crippen LogP contribution in [-0.2, 0) is 7.05 Å². The number of aryl methyl sites for hydroxylation is 1. The van der Waals surface area contributed by atoms with E-state index in [0.29, 0.717) is 11.6 Å². The van der Waals surface area contributed by atoms with Gasteiger partial charge in [0.25, 0.3) is 5.91 Å². The van der Waals surface area contributed by atoms with Gasteiger partial charge in [-0.1, -0.05) is 0 Å². The van der Waals surface area contributed by atoms with Crippen molar-refractivity contribution in [3.63, 3.8) is 0 Å². The van der Waals surface area contributed by atoms with Crippen LogP contribution in [0.15, 0.2) is 23.1 Å². The number of amides is 1. The molecule has 1 aromatic heterocycles. The zero-order chi connectivity index (χ0) is 12.4. The number of carbonyl (C=O) groups excluding carboxylic acids is 1. The summed E-state index contributed by atoms with van der Waals surface area (Å²) in [6, 6.07) is 3.36. The van der Waals surface area contributed by atoms with Crippen molar-refractivity contribution in [2.24, 2.45) is 7.05 Å². The summed E-state index contributed by atoms with van der Waals surface area (Å²) >= 11 is 0.